The molecular formula is C4H10NNaO4S. The number of carbonyl (C=O) groups is 1. The van der Waals surface area contributed by atoms with Crippen molar-refractivity contribution < 1.29 is 17.8 Å². The van der Waals surface area contributed by atoms with Crippen molar-refractivity contribution in [2.24, 2.45) is 5.73 Å². The molecular weight excluding hydrogens is 181 g/mol. The summed E-state index contributed by atoms with van der Waals surface area (Å²) in [7, 11) is -3.67. The van der Waals surface area contributed by atoms with Crippen molar-refractivity contribution >= 4 is 45.6 Å². The van der Waals surface area contributed by atoms with Crippen LogP contribution in [0.15, 0.2) is 12.7 Å². The van der Waals surface area contributed by atoms with Crippen LogP contribution < -0.4 is 5.73 Å². The molecule has 0 saturated carbocycles. The fourth-order valence-electron chi connectivity index (χ4n) is 0. The fraction of sp³-hybridized carbons (Fsp3) is 0.250. The summed E-state index contributed by atoms with van der Waals surface area (Å²) in [5.41, 5.74) is 4.53. The Morgan fingerprint density at radius 3 is 1.73 bits per heavy atom. The summed E-state index contributed by atoms with van der Waals surface area (Å²) in [5, 5.41) is 0. The first-order chi connectivity index (χ1) is 4.27. The molecule has 0 rings (SSSR count). The summed E-state index contributed by atoms with van der Waals surface area (Å²) in [5.74, 6) is -0.481. The molecule has 0 atom stereocenters. The second kappa shape index (κ2) is 8.22. The Kier molecular flexibility index (Phi) is 12.9. The molecule has 0 aliphatic heterocycles. The minimum absolute atomic E-state index is 0. The Morgan fingerprint density at radius 2 is 1.73 bits per heavy atom. The first-order valence-electron chi connectivity index (χ1n) is 2.11. The Morgan fingerprint density at radius 1 is 1.64 bits per heavy atom. The van der Waals surface area contributed by atoms with Gasteiger partial charge in [-0.1, -0.05) is 6.58 Å². The van der Waals surface area contributed by atoms with E-state index in [-0.39, 0.29) is 29.6 Å². The zero-order valence-corrected chi connectivity index (χ0v) is 6.26. The van der Waals surface area contributed by atoms with Gasteiger partial charge in [0.15, 0.2) is 0 Å². The number of amides is 1. The second-order valence-corrected chi connectivity index (χ2v) is 2.81. The zero-order valence-electron chi connectivity index (χ0n) is 5.44. The maximum atomic E-state index is 9.47. The third-order valence-corrected chi connectivity index (χ3v) is 0.201. The van der Waals surface area contributed by atoms with Crippen LogP contribution >= 0.6 is 0 Å². The number of hydrogen-bond acceptors (Lipinski definition) is 3. The summed E-state index contributed by atoms with van der Waals surface area (Å²) >= 11 is 0. The van der Waals surface area contributed by atoms with Gasteiger partial charge in [-0.05, 0) is 6.08 Å². The molecule has 1 amide bonds. The van der Waals surface area contributed by atoms with E-state index in [0.29, 0.717) is 6.26 Å². The van der Waals surface area contributed by atoms with Gasteiger partial charge >= 0.3 is 29.6 Å². The van der Waals surface area contributed by atoms with Crippen LogP contribution in [0.2, 0.25) is 0 Å². The number of hydrogen-bond donors (Lipinski definition) is 2. The first kappa shape index (κ1) is 17.3. The zero-order chi connectivity index (χ0) is 8.78. The van der Waals surface area contributed by atoms with Gasteiger partial charge in [0, 0.05) is 0 Å². The van der Waals surface area contributed by atoms with Crippen LogP contribution in [-0.4, -0.2) is 54.7 Å². The van der Waals surface area contributed by atoms with Gasteiger partial charge in [-0.25, -0.2) is 0 Å². The standard InChI is InChI=1S/C3H5NO.CH4O3S.Na.H/c1-2-3(4)5;1-5(2,3)4;;/h2H,1H2,(H2,4,5);1H3,(H,2,3,4);;. The maximum absolute atomic E-state index is 9.47. The van der Waals surface area contributed by atoms with Crippen molar-refractivity contribution in [3.05, 3.63) is 12.7 Å². The molecule has 0 aliphatic carbocycles. The topological polar surface area (TPSA) is 97.5 Å². The van der Waals surface area contributed by atoms with Crippen molar-refractivity contribution in [1.82, 2.24) is 0 Å². The molecule has 0 heterocycles. The normalized spacial score (nSPS) is 8.18. The SMILES string of the molecule is C=CC(N)=O.CS(=O)(=O)O.[NaH]. The summed E-state index contributed by atoms with van der Waals surface area (Å²) in [4.78, 5) is 9.47. The molecule has 0 bridgehead atoms. The molecule has 11 heavy (non-hydrogen) atoms. The van der Waals surface area contributed by atoms with E-state index in [2.05, 4.69) is 12.3 Å². The molecule has 0 fully saturated rings. The van der Waals surface area contributed by atoms with E-state index in [0.717, 1.165) is 6.08 Å². The van der Waals surface area contributed by atoms with Gasteiger partial charge in [-0.3, -0.25) is 9.35 Å². The van der Waals surface area contributed by atoms with Gasteiger partial charge in [0.1, 0.15) is 0 Å². The quantitative estimate of drug-likeness (QED) is 0.300. The van der Waals surface area contributed by atoms with E-state index < -0.39 is 16.0 Å². The molecule has 0 aromatic heterocycles. The molecule has 0 aromatic rings. The summed E-state index contributed by atoms with van der Waals surface area (Å²) in [6.07, 6.45) is 1.77. The van der Waals surface area contributed by atoms with Gasteiger partial charge in [0.05, 0.1) is 6.26 Å². The number of carbonyl (C=O) groups excluding carboxylic acids is 1. The first-order valence-corrected chi connectivity index (χ1v) is 3.96. The van der Waals surface area contributed by atoms with Crippen molar-refractivity contribution in [3.63, 3.8) is 0 Å². The van der Waals surface area contributed by atoms with Crippen LogP contribution in [0.25, 0.3) is 0 Å². The molecule has 0 aromatic carbocycles. The van der Waals surface area contributed by atoms with Crippen molar-refractivity contribution in [2.45, 2.75) is 0 Å². The number of rotatable bonds is 1. The van der Waals surface area contributed by atoms with Crippen LogP contribution in [0.1, 0.15) is 0 Å². The fourth-order valence-corrected chi connectivity index (χ4v) is 0. The van der Waals surface area contributed by atoms with E-state index in [1.54, 1.807) is 0 Å². The van der Waals surface area contributed by atoms with E-state index in [1.807, 2.05) is 0 Å². The van der Waals surface area contributed by atoms with Crippen molar-refractivity contribution in [2.75, 3.05) is 6.26 Å². The molecule has 0 aliphatic rings. The van der Waals surface area contributed by atoms with E-state index in [1.165, 1.54) is 0 Å². The molecule has 0 unspecified atom stereocenters. The summed E-state index contributed by atoms with van der Waals surface area (Å²) in [6.45, 7) is 3.09. The minimum atomic E-state index is -3.67. The van der Waals surface area contributed by atoms with Crippen molar-refractivity contribution in [1.29, 1.82) is 0 Å². The Labute approximate surface area is 87.7 Å². The Hall–Kier alpha value is 0.120. The van der Waals surface area contributed by atoms with E-state index in [4.69, 9.17) is 4.55 Å². The van der Waals surface area contributed by atoms with Gasteiger partial charge in [-0.15, -0.1) is 0 Å². The van der Waals surface area contributed by atoms with Gasteiger partial charge in [0.25, 0.3) is 10.1 Å². The summed E-state index contributed by atoms with van der Waals surface area (Å²) < 4.78 is 25.9. The van der Waals surface area contributed by atoms with Crippen LogP contribution in [0, 0.1) is 0 Å². The Balaban J connectivity index is -0.000000107. The van der Waals surface area contributed by atoms with Crippen LogP contribution in [0.5, 0.6) is 0 Å². The predicted octanol–water partition coefficient (Wildman–Crippen LogP) is -1.49. The predicted molar refractivity (Wildman–Crippen MR) is 44.0 cm³/mol. The van der Waals surface area contributed by atoms with Gasteiger partial charge < -0.3 is 5.73 Å². The van der Waals surface area contributed by atoms with Crippen LogP contribution in [-0.2, 0) is 14.9 Å². The summed E-state index contributed by atoms with van der Waals surface area (Å²) in [6, 6.07) is 0. The van der Waals surface area contributed by atoms with Crippen molar-refractivity contribution in [3.8, 4) is 0 Å². The molecule has 3 N–H and O–H groups in total. The van der Waals surface area contributed by atoms with Crippen LogP contribution in [0.4, 0.5) is 0 Å². The monoisotopic (exact) mass is 191 g/mol. The number of nitrogens with two attached hydrogens (primary N) is 1. The molecule has 0 saturated heterocycles. The molecule has 7 heteroatoms. The average molecular weight is 191 g/mol. The molecule has 0 radical (unpaired) electrons. The van der Waals surface area contributed by atoms with E-state index >= 15 is 0 Å². The van der Waals surface area contributed by atoms with Gasteiger partial charge in [0.2, 0.25) is 5.91 Å². The van der Waals surface area contributed by atoms with Crippen LogP contribution in [0.3, 0.4) is 0 Å². The average Bonchev–Trinajstić information content (AvgIpc) is 1.61. The number of primary amides is 1. The van der Waals surface area contributed by atoms with Gasteiger partial charge in [-0.2, -0.15) is 8.42 Å². The third kappa shape index (κ3) is 148. The second-order valence-electron chi connectivity index (χ2n) is 1.34. The molecule has 5 nitrogen and oxygen atoms in total. The molecule has 0 spiro atoms. The third-order valence-electron chi connectivity index (χ3n) is 0.201. The van der Waals surface area contributed by atoms with E-state index in [9.17, 15) is 13.2 Å². The molecule has 62 valence electrons. The Bertz CT molecular complexity index is 202.